The average molecular weight is 222 g/mol. The number of rotatable bonds is 3. The van der Waals surface area contributed by atoms with Crippen molar-refractivity contribution in [1.82, 2.24) is 0 Å². The third-order valence-electron chi connectivity index (χ3n) is 1.93. The van der Waals surface area contributed by atoms with Gasteiger partial charge in [0.05, 0.1) is 12.2 Å². The van der Waals surface area contributed by atoms with Gasteiger partial charge in [-0.3, -0.25) is 0 Å². The molecule has 0 unspecified atom stereocenters. The second-order valence-electron chi connectivity index (χ2n) is 3.41. The van der Waals surface area contributed by atoms with Crippen LogP contribution in [0.15, 0.2) is 18.2 Å². The van der Waals surface area contributed by atoms with Crippen LogP contribution < -0.4 is 4.74 Å². The van der Waals surface area contributed by atoms with E-state index >= 15 is 0 Å². The maximum Gasteiger partial charge on any atom is 0.138 e. The van der Waals surface area contributed by atoms with Crippen molar-refractivity contribution in [2.24, 2.45) is 0 Å². The molecule has 1 N–H and O–H groups in total. The Kier molecular flexibility index (Phi) is 4.81. The molecule has 86 valence electrons. The Hall–Kier alpha value is -1.53. The summed E-state index contributed by atoms with van der Waals surface area (Å²) in [6.07, 6.45) is 0.357. The lowest BCUT2D eigenvalue weighted by molar-refractivity contribution is 0.129. The average Bonchev–Trinajstić information content (AvgIpc) is 2.28. The highest BCUT2D eigenvalue weighted by Crippen LogP contribution is 2.20. The Bertz CT molecular complexity index is 404. The molecule has 0 bridgehead atoms. The first kappa shape index (κ1) is 12.5. The standard InChI is InChI=1S/C13H15FO2/c1-3-4-5-11-6-7-12(14)8-13(11)16-10(2)9-15/h6-8,10,15H,3,9H2,1-2H3/t10-/m1/s1. The van der Waals surface area contributed by atoms with E-state index in [1.54, 1.807) is 13.0 Å². The maximum atomic E-state index is 13.0. The van der Waals surface area contributed by atoms with Crippen LogP contribution in [0.5, 0.6) is 5.75 Å². The summed E-state index contributed by atoms with van der Waals surface area (Å²) >= 11 is 0. The lowest BCUT2D eigenvalue weighted by Gasteiger charge is -2.13. The van der Waals surface area contributed by atoms with E-state index in [9.17, 15) is 4.39 Å². The molecule has 1 aromatic carbocycles. The Balaban J connectivity index is 2.98. The molecular formula is C13H15FO2. The van der Waals surface area contributed by atoms with Gasteiger partial charge < -0.3 is 9.84 Å². The molecule has 0 aliphatic carbocycles. The normalized spacial score (nSPS) is 11.5. The molecule has 0 saturated carbocycles. The molecule has 2 nitrogen and oxygen atoms in total. The molecule has 1 atom stereocenters. The van der Waals surface area contributed by atoms with Crippen molar-refractivity contribution in [2.75, 3.05) is 6.61 Å². The molecule has 0 aromatic heterocycles. The largest absolute Gasteiger partial charge is 0.487 e. The molecular weight excluding hydrogens is 207 g/mol. The van der Waals surface area contributed by atoms with Crippen LogP contribution in [-0.4, -0.2) is 17.8 Å². The number of ether oxygens (including phenoxy) is 1. The van der Waals surface area contributed by atoms with Crippen LogP contribution in [0.2, 0.25) is 0 Å². The van der Waals surface area contributed by atoms with E-state index in [2.05, 4.69) is 11.8 Å². The summed E-state index contributed by atoms with van der Waals surface area (Å²) in [4.78, 5) is 0. The van der Waals surface area contributed by atoms with E-state index in [-0.39, 0.29) is 18.5 Å². The number of halogens is 1. The highest BCUT2D eigenvalue weighted by molar-refractivity contribution is 5.46. The molecule has 0 radical (unpaired) electrons. The van der Waals surface area contributed by atoms with E-state index in [0.29, 0.717) is 11.3 Å². The zero-order chi connectivity index (χ0) is 12.0. The van der Waals surface area contributed by atoms with Crippen LogP contribution >= 0.6 is 0 Å². The number of hydrogen-bond donors (Lipinski definition) is 1. The smallest absolute Gasteiger partial charge is 0.138 e. The summed E-state index contributed by atoms with van der Waals surface area (Å²) in [5, 5.41) is 8.88. The minimum atomic E-state index is -0.373. The van der Waals surface area contributed by atoms with Gasteiger partial charge in [0.15, 0.2) is 0 Å². The molecule has 0 heterocycles. The van der Waals surface area contributed by atoms with Gasteiger partial charge in [-0.1, -0.05) is 18.8 Å². The summed E-state index contributed by atoms with van der Waals surface area (Å²) in [7, 11) is 0. The van der Waals surface area contributed by atoms with Gasteiger partial charge >= 0.3 is 0 Å². The third-order valence-corrected chi connectivity index (χ3v) is 1.93. The minimum absolute atomic E-state index is 0.114. The zero-order valence-corrected chi connectivity index (χ0v) is 9.46. The molecule has 1 rings (SSSR count). The predicted octanol–water partition coefficient (Wildman–Crippen LogP) is 2.35. The first-order chi connectivity index (χ1) is 7.67. The molecule has 16 heavy (non-hydrogen) atoms. The van der Waals surface area contributed by atoms with Crippen molar-refractivity contribution in [1.29, 1.82) is 0 Å². The monoisotopic (exact) mass is 222 g/mol. The summed E-state index contributed by atoms with van der Waals surface area (Å²) in [6.45, 7) is 3.53. The molecule has 3 heteroatoms. The van der Waals surface area contributed by atoms with Gasteiger partial charge in [-0.05, 0) is 19.1 Å². The van der Waals surface area contributed by atoms with E-state index in [1.807, 2.05) is 6.92 Å². The fourth-order valence-electron chi connectivity index (χ4n) is 1.13. The van der Waals surface area contributed by atoms with E-state index in [0.717, 1.165) is 6.42 Å². The molecule has 1 aromatic rings. The van der Waals surface area contributed by atoms with Crippen molar-refractivity contribution in [3.63, 3.8) is 0 Å². The van der Waals surface area contributed by atoms with Crippen molar-refractivity contribution in [2.45, 2.75) is 26.4 Å². The van der Waals surface area contributed by atoms with Crippen LogP contribution in [0.4, 0.5) is 4.39 Å². The first-order valence-electron chi connectivity index (χ1n) is 5.23. The molecule has 0 amide bonds. The Labute approximate surface area is 95.1 Å². The fraction of sp³-hybridized carbons (Fsp3) is 0.385. The molecule has 0 aliphatic heterocycles. The van der Waals surface area contributed by atoms with Gasteiger partial charge in [0.25, 0.3) is 0 Å². The Morgan fingerprint density at radius 3 is 2.88 bits per heavy atom. The van der Waals surface area contributed by atoms with Gasteiger partial charge in [0, 0.05) is 12.5 Å². The molecule has 0 fully saturated rings. The van der Waals surface area contributed by atoms with Crippen molar-refractivity contribution < 1.29 is 14.2 Å². The van der Waals surface area contributed by atoms with Crippen molar-refractivity contribution in [3.8, 4) is 17.6 Å². The second-order valence-corrected chi connectivity index (χ2v) is 3.41. The number of hydrogen-bond acceptors (Lipinski definition) is 2. The molecule has 0 saturated heterocycles. The zero-order valence-electron chi connectivity index (χ0n) is 9.46. The number of benzene rings is 1. The summed E-state index contributed by atoms with van der Waals surface area (Å²) in [5.41, 5.74) is 0.642. The minimum Gasteiger partial charge on any atom is -0.487 e. The SMILES string of the molecule is CCC#Cc1ccc(F)cc1O[C@H](C)CO. The summed E-state index contributed by atoms with van der Waals surface area (Å²) < 4.78 is 18.4. The van der Waals surface area contributed by atoms with Crippen molar-refractivity contribution in [3.05, 3.63) is 29.6 Å². The van der Waals surface area contributed by atoms with Gasteiger partial charge in [-0.15, -0.1) is 0 Å². The van der Waals surface area contributed by atoms with Crippen molar-refractivity contribution >= 4 is 0 Å². The van der Waals surface area contributed by atoms with Gasteiger partial charge in [-0.25, -0.2) is 4.39 Å². The van der Waals surface area contributed by atoms with E-state index < -0.39 is 0 Å². The second kappa shape index (κ2) is 6.14. The molecule has 0 aliphatic rings. The third kappa shape index (κ3) is 3.56. The maximum absolute atomic E-state index is 13.0. The highest BCUT2D eigenvalue weighted by atomic mass is 19.1. The first-order valence-corrected chi connectivity index (χ1v) is 5.23. The van der Waals surface area contributed by atoms with Crippen LogP contribution in [0.1, 0.15) is 25.8 Å². The highest BCUT2D eigenvalue weighted by Gasteiger charge is 2.07. The van der Waals surface area contributed by atoms with Crippen LogP contribution in [0.3, 0.4) is 0 Å². The number of aliphatic hydroxyl groups is 1. The molecule has 0 spiro atoms. The lowest BCUT2D eigenvalue weighted by atomic mass is 10.2. The summed E-state index contributed by atoms with van der Waals surface area (Å²) in [6, 6.07) is 4.21. The van der Waals surface area contributed by atoms with Crippen LogP contribution in [-0.2, 0) is 0 Å². The quantitative estimate of drug-likeness (QED) is 0.795. The van der Waals surface area contributed by atoms with Gasteiger partial charge in [-0.2, -0.15) is 0 Å². The lowest BCUT2D eigenvalue weighted by Crippen LogP contribution is -2.16. The van der Waals surface area contributed by atoms with Gasteiger partial charge in [0.1, 0.15) is 17.7 Å². The van der Waals surface area contributed by atoms with Crippen LogP contribution in [0, 0.1) is 17.7 Å². The topological polar surface area (TPSA) is 29.5 Å². The van der Waals surface area contributed by atoms with E-state index in [4.69, 9.17) is 9.84 Å². The predicted molar refractivity (Wildman–Crippen MR) is 60.7 cm³/mol. The number of aliphatic hydroxyl groups excluding tert-OH is 1. The Morgan fingerprint density at radius 2 is 2.25 bits per heavy atom. The van der Waals surface area contributed by atoms with Crippen LogP contribution in [0.25, 0.3) is 0 Å². The Morgan fingerprint density at radius 1 is 1.50 bits per heavy atom. The summed E-state index contributed by atoms with van der Waals surface area (Å²) in [5.74, 6) is 5.80. The fourth-order valence-corrected chi connectivity index (χ4v) is 1.13. The van der Waals surface area contributed by atoms with Gasteiger partial charge in [0.2, 0.25) is 0 Å². The van der Waals surface area contributed by atoms with E-state index in [1.165, 1.54) is 12.1 Å².